The molecule has 1 amide bonds. The van der Waals surface area contributed by atoms with Gasteiger partial charge in [-0.25, -0.2) is 0 Å². The number of carbonyl (C=O) groups is 1. The van der Waals surface area contributed by atoms with Crippen LogP contribution < -0.4 is 10.2 Å². The average molecular weight is 348 g/mol. The zero-order valence-corrected chi connectivity index (χ0v) is 14.3. The zero-order valence-electron chi connectivity index (χ0n) is 14.3. The molecule has 136 valence electrons. The summed E-state index contributed by atoms with van der Waals surface area (Å²) in [4.78, 5) is 14.4. The largest absolute Gasteiger partial charge is 0.381 e. The lowest BCUT2D eigenvalue weighted by Crippen LogP contribution is -2.45. The minimum absolute atomic E-state index is 0.0000720. The first-order valence-electron chi connectivity index (χ1n) is 8.99. The van der Waals surface area contributed by atoms with Gasteiger partial charge in [0.05, 0.1) is 13.2 Å². The van der Waals surface area contributed by atoms with Crippen LogP contribution in [0.3, 0.4) is 0 Å². The summed E-state index contributed by atoms with van der Waals surface area (Å²) in [6, 6.07) is 3.72. The topological polar surface area (TPSA) is 85.8 Å². The van der Waals surface area contributed by atoms with Crippen LogP contribution in [0.25, 0.3) is 0 Å². The highest BCUT2D eigenvalue weighted by Crippen LogP contribution is 2.32. The van der Waals surface area contributed by atoms with Crippen molar-refractivity contribution in [2.75, 3.05) is 49.7 Å². The predicted octanol–water partition coefficient (Wildman–Crippen LogP) is 1.18. The van der Waals surface area contributed by atoms with Gasteiger partial charge in [0.25, 0.3) is 0 Å². The van der Waals surface area contributed by atoms with Crippen molar-refractivity contribution in [3.05, 3.63) is 12.1 Å². The lowest BCUT2D eigenvalue weighted by Gasteiger charge is -2.37. The number of rotatable bonds is 3. The van der Waals surface area contributed by atoms with E-state index >= 15 is 0 Å². The Kier molecular flexibility index (Phi) is 4.82. The summed E-state index contributed by atoms with van der Waals surface area (Å²) in [6.07, 6.45) is 3.18. The van der Waals surface area contributed by atoms with E-state index in [1.807, 2.05) is 12.1 Å². The van der Waals surface area contributed by atoms with Crippen LogP contribution in [0.4, 0.5) is 11.6 Å². The van der Waals surface area contributed by atoms with E-state index in [-0.39, 0.29) is 17.6 Å². The molecule has 0 bridgehead atoms. The maximum Gasteiger partial charge on any atom is 0.228 e. The van der Waals surface area contributed by atoms with E-state index < -0.39 is 0 Å². The van der Waals surface area contributed by atoms with E-state index in [0.29, 0.717) is 32.2 Å². The average Bonchev–Trinajstić information content (AvgIpc) is 3.12. The van der Waals surface area contributed by atoms with Crippen molar-refractivity contribution in [2.45, 2.75) is 31.5 Å². The molecule has 3 aliphatic heterocycles. The Morgan fingerprint density at radius 1 is 1.08 bits per heavy atom. The van der Waals surface area contributed by atoms with Gasteiger partial charge in [-0.1, -0.05) is 0 Å². The maximum atomic E-state index is 12.2. The summed E-state index contributed by atoms with van der Waals surface area (Å²) in [5, 5.41) is 11.3. The van der Waals surface area contributed by atoms with E-state index in [1.54, 1.807) is 0 Å². The number of anilines is 2. The highest BCUT2D eigenvalue weighted by Gasteiger charge is 2.40. The second kappa shape index (κ2) is 7.23. The number of nitrogens with one attached hydrogen (secondary N) is 1. The van der Waals surface area contributed by atoms with E-state index in [1.165, 1.54) is 0 Å². The molecule has 4 heterocycles. The van der Waals surface area contributed by atoms with Crippen molar-refractivity contribution in [3.8, 4) is 0 Å². The van der Waals surface area contributed by atoms with Crippen LogP contribution in [-0.4, -0.2) is 61.4 Å². The standard InChI is InChI=1S/C17H24N4O4/c22-16(13-3-9-23-10-4-13)18-14-1-2-15(20-19-14)21-7-5-17(6-8-21)24-11-12-25-17/h1-2,13H,3-12H2,(H,18,19,22). The predicted molar refractivity (Wildman–Crippen MR) is 90.3 cm³/mol. The van der Waals surface area contributed by atoms with Gasteiger partial charge < -0.3 is 24.4 Å². The molecule has 0 unspecified atom stereocenters. The molecular formula is C17H24N4O4. The van der Waals surface area contributed by atoms with Gasteiger partial charge in [-0.2, -0.15) is 0 Å². The van der Waals surface area contributed by atoms with Gasteiger partial charge in [-0.15, -0.1) is 10.2 Å². The van der Waals surface area contributed by atoms with Gasteiger partial charge in [0, 0.05) is 45.1 Å². The Labute approximate surface area is 146 Å². The van der Waals surface area contributed by atoms with E-state index in [9.17, 15) is 4.79 Å². The van der Waals surface area contributed by atoms with Crippen molar-refractivity contribution in [2.24, 2.45) is 5.92 Å². The lowest BCUT2D eigenvalue weighted by atomic mass is 9.99. The molecule has 1 N–H and O–H groups in total. The number of amides is 1. The summed E-state index contributed by atoms with van der Waals surface area (Å²) in [5.41, 5.74) is 0. The molecule has 3 fully saturated rings. The van der Waals surface area contributed by atoms with Gasteiger partial charge in [0.15, 0.2) is 17.4 Å². The molecule has 8 heteroatoms. The molecular weight excluding hydrogens is 324 g/mol. The minimum atomic E-state index is -0.387. The third-order valence-corrected chi connectivity index (χ3v) is 5.16. The first-order valence-corrected chi connectivity index (χ1v) is 8.99. The summed E-state index contributed by atoms with van der Waals surface area (Å²) in [5.74, 6) is 0.926. The Morgan fingerprint density at radius 2 is 1.80 bits per heavy atom. The Balaban J connectivity index is 1.32. The molecule has 0 aliphatic carbocycles. The molecule has 0 radical (unpaired) electrons. The van der Waals surface area contributed by atoms with E-state index in [0.717, 1.165) is 44.6 Å². The van der Waals surface area contributed by atoms with Gasteiger partial charge in [-0.05, 0) is 25.0 Å². The summed E-state index contributed by atoms with van der Waals surface area (Å²) >= 11 is 0. The fraction of sp³-hybridized carbons (Fsp3) is 0.706. The number of aromatic nitrogens is 2. The molecule has 0 aromatic carbocycles. The van der Waals surface area contributed by atoms with Gasteiger partial charge in [0.2, 0.25) is 5.91 Å². The number of hydrogen-bond acceptors (Lipinski definition) is 7. The summed E-state index contributed by atoms with van der Waals surface area (Å²) < 4.78 is 16.8. The fourth-order valence-corrected chi connectivity index (χ4v) is 3.61. The molecule has 1 aromatic rings. The highest BCUT2D eigenvalue weighted by atomic mass is 16.7. The quantitative estimate of drug-likeness (QED) is 0.878. The van der Waals surface area contributed by atoms with Crippen LogP contribution in [0.1, 0.15) is 25.7 Å². The van der Waals surface area contributed by atoms with Crippen molar-refractivity contribution >= 4 is 17.5 Å². The zero-order chi connectivity index (χ0) is 17.1. The molecule has 1 spiro atoms. The van der Waals surface area contributed by atoms with Crippen LogP contribution in [0.15, 0.2) is 12.1 Å². The molecule has 1 aromatic heterocycles. The first kappa shape index (κ1) is 16.7. The van der Waals surface area contributed by atoms with Crippen molar-refractivity contribution in [1.82, 2.24) is 10.2 Å². The fourth-order valence-electron chi connectivity index (χ4n) is 3.61. The van der Waals surface area contributed by atoms with Crippen LogP contribution in [0, 0.1) is 5.92 Å². The summed E-state index contributed by atoms with van der Waals surface area (Å²) in [6.45, 7) is 4.30. The number of ether oxygens (including phenoxy) is 3. The molecule has 3 aliphatic rings. The SMILES string of the molecule is O=C(Nc1ccc(N2CCC3(CC2)OCCO3)nn1)C1CCOCC1. The minimum Gasteiger partial charge on any atom is -0.381 e. The van der Waals surface area contributed by atoms with Crippen LogP contribution in [0.5, 0.6) is 0 Å². The Bertz CT molecular complexity index is 587. The van der Waals surface area contributed by atoms with Crippen molar-refractivity contribution in [1.29, 1.82) is 0 Å². The Hall–Kier alpha value is -1.77. The molecule has 4 rings (SSSR count). The summed E-state index contributed by atoms with van der Waals surface area (Å²) in [7, 11) is 0. The second-order valence-corrected chi connectivity index (χ2v) is 6.75. The lowest BCUT2D eigenvalue weighted by molar-refractivity contribution is -0.169. The van der Waals surface area contributed by atoms with Crippen LogP contribution in [0.2, 0.25) is 0 Å². The van der Waals surface area contributed by atoms with Gasteiger partial charge in [-0.3, -0.25) is 4.79 Å². The van der Waals surface area contributed by atoms with Crippen molar-refractivity contribution in [3.63, 3.8) is 0 Å². The number of hydrogen-bond donors (Lipinski definition) is 1. The normalized spacial score (nSPS) is 23.8. The first-order chi connectivity index (χ1) is 12.2. The van der Waals surface area contributed by atoms with E-state index in [4.69, 9.17) is 14.2 Å². The highest BCUT2D eigenvalue weighted by molar-refractivity contribution is 5.91. The molecule has 0 atom stereocenters. The van der Waals surface area contributed by atoms with Crippen LogP contribution in [-0.2, 0) is 19.0 Å². The van der Waals surface area contributed by atoms with Gasteiger partial charge >= 0.3 is 0 Å². The monoisotopic (exact) mass is 348 g/mol. The molecule has 8 nitrogen and oxygen atoms in total. The number of nitrogens with zero attached hydrogens (tertiary/aromatic N) is 3. The van der Waals surface area contributed by atoms with Crippen LogP contribution >= 0.6 is 0 Å². The third kappa shape index (κ3) is 3.75. The second-order valence-electron chi connectivity index (χ2n) is 6.75. The third-order valence-electron chi connectivity index (χ3n) is 5.16. The molecule has 25 heavy (non-hydrogen) atoms. The molecule has 0 saturated carbocycles. The van der Waals surface area contributed by atoms with Gasteiger partial charge in [0.1, 0.15) is 0 Å². The number of piperidine rings is 1. The Morgan fingerprint density at radius 3 is 2.44 bits per heavy atom. The maximum absolute atomic E-state index is 12.2. The molecule has 3 saturated heterocycles. The smallest absolute Gasteiger partial charge is 0.228 e. The van der Waals surface area contributed by atoms with Crippen molar-refractivity contribution < 1.29 is 19.0 Å². The number of carbonyl (C=O) groups excluding carboxylic acids is 1. The van der Waals surface area contributed by atoms with E-state index in [2.05, 4.69) is 20.4 Å².